The molecule has 4 heteroatoms. The van der Waals surface area contributed by atoms with Crippen LogP contribution in [0.25, 0.3) is 0 Å². The molecule has 0 fully saturated rings. The minimum atomic E-state index is -0.353. The quantitative estimate of drug-likeness (QED) is 0.646. The fourth-order valence-corrected chi connectivity index (χ4v) is 1.23. The van der Waals surface area contributed by atoms with Crippen molar-refractivity contribution < 1.29 is 13.9 Å². The Hall–Kier alpha value is -1.58. The van der Waals surface area contributed by atoms with Gasteiger partial charge in [0.1, 0.15) is 5.71 Å². The molecule has 0 atom stereocenters. The van der Waals surface area contributed by atoms with Crippen LogP contribution in [0.2, 0.25) is 0 Å². The van der Waals surface area contributed by atoms with Crippen molar-refractivity contribution in [3.8, 4) is 0 Å². The molecule has 1 aromatic rings. The normalized spacial score (nSPS) is 13.8. The second-order valence-corrected chi connectivity index (χ2v) is 2.71. The van der Waals surface area contributed by atoms with Crippen molar-refractivity contribution in [1.82, 2.24) is 0 Å². The third-order valence-corrected chi connectivity index (χ3v) is 1.83. The fourth-order valence-electron chi connectivity index (χ4n) is 1.23. The minimum absolute atomic E-state index is 0.353. The van der Waals surface area contributed by atoms with Gasteiger partial charge in [-0.2, -0.15) is 0 Å². The van der Waals surface area contributed by atoms with E-state index in [1.165, 1.54) is 0 Å². The summed E-state index contributed by atoms with van der Waals surface area (Å²) in [7, 11) is 0. The number of ether oxygens (including phenoxy) is 1. The molecule has 2 rings (SSSR count). The van der Waals surface area contributed by atoms with Gasteiger partial charge >= 0.3 is 5.97 Å². The van der Waals surface area contributed by atoms with Gasteiger partial charge in [-0.1, -0.05) is 0 Å². The Kier molecular flexibility index (Phi) is 1.88. The molecule has 0 radical (unpaired) electrons. The summed E-state index contributed by atoms with van der Waals surface area (Å²) in [4.78, 5) is 15.2. The zero-order valence-electron chi connectivity index (χ0n) is 7.24. The van der Waals surface area contributed by atoms with E-state index in [0.29, 0.717) is 24.6 Å². The lowest BCUT2D eigenvalue weighted by Crippen LogP contribution is -2.17. The number of aliphatic imine (C=N–C) groups is 1. The molecule has 0 aliphatic carbocycles. The molecular formula is C9H9NO3. The zero-order valence-corrected chi connectivity index (χ0v) is 7.24. The number of rotatable bonds is 2. The van der Waals surface area contributed by atoms with Crippen LogP contribution in [0.4, 0.5) is 5.88 Å². The van der Waals surface area contributed by atoms with E-state index in [4.69, 9.17) is 9.15 Å². The van der Waals surface area contributed by atoms with Crippen LogP contribution in [0.3, 0.4) is 0 Å². The van der Waals surface area contributed by atoms with Crippen LogP contribution in [0.15, 0.2) is 21.7 Å². The van der Waals surface area contributed by atoms with Gasteiger partial charge in [-0.15, -0.1) is 0 Å². The average Bonchev–Trinajstić information content (AvgIpc) is 2.61. The van der Waals surface area contributed by atoms with Crippen molar-refractivity contribution in [2.45, 2.75) is 13.3 Å². The molecule has 1 aromatic heterocycles. The number of furan rings is 1. The first-order chi connectivity index (χ1) is 6.31. The minimum Gasteiger partial charge on any atom is -0.461 e. The third kappa shape index (κ3) is 1.35. The van der Waals surface area contributed by atoms with Crippen LogP contribution in [0.1, 0.15) is 12.5 Å². The van der Waals surface area contributed by atoms with Gasteiger partial charge in [0.25, 0.3) is 0 Å². The monoisotopic (exact) mass is 179 g/mol. The molecule has 0 N–H and O–H groups in total. The molecule has 0 bridgehead atoms. The van der Waals surface area contributed by atoms with Gasteiger partial charge in [-0.3, -0.25) is 0 Å². The number of hydrogen-bond donors (Lipinski definition) is 0. The highest BCUT2D eigenvalue weighted by Gasteiger charge is 2.23. The molecule has 1 aliphatic heterocycles. The Morgan fingerprint density at radius 3 is 3.31 bits per heavy atom. The Balaban J connectivity index is 2.14. The second-order valence-electron chi connectivity index (χ2n) is 2.71. The van der Waals surface area contributed by atoms with Crippen LogP contribution in [-0.4, -0.2) is 18.3 Å². The first-order valence-electron chi connectivity index (χ1n) is 4.12. The van der Waals surface area contributed by atoms with Crippen molar-refractivity contribution in [3.63, 3.8) is 0 Å². The Morgan fingerprint density at radius 1 is 1.77 bits per heavy atom. The molecule has 68 valence electrons. The summed E-state index contributed by atoms with van der Waals surface area (Å²) in [5.74, 6) is 0.178. The number of hydrogen-bond acceptors (Lipinski definition) is 4. The number of carbonyl (C=O) groups excluding carboxylic acids is 1. The summed E-state index contributed by atoms with van der Waals surface area (Å²) >= 11 is 0. The zero-order chi connectivity index (χ0) is 9.26. The first-order valence-corrected chi connectivity index (χ1v) is 4.12. The molecule has 4 nitrogen and oxygen atoms in total. The van der Waals surface area contributed by atoms with Gasteiger partial charge in [0, 0.05) is 12.0 Å². The van der Waals surface area contributed by atoms with E-state index in [1.807, 2.05) is 6.07 Å². The summed E-state index contributed by atoms with van der Waals surface area (Å²) in [5, 5.41) is 0. The molecule has 0 saturated carbocycles. The van der Waals surface area contributed by atoms with Crippen molar-refractivity contribution in [2.24, 2.45) is 4.99 Å². The van der Waals surface area contributed by atoms with Crippen LogP contribution in [-0.2, 0) is 16.0 Å². The van der Waals surface area contributed by atoms with E-state index in [9.17, 15) is 4.79 Å². The van der Waals surface area contributed by atoms with E-state index in [1.54, 1.807) is 13.2 Å². The molecule has 1 aliphatic rings. The Labute approximate surface area is 75.2 Å². The molecule has 0 unspecified atom stereocenters. The van der Waals surface area contributed by atoms with Crippen LogP contribution >= 0.6 is 0 Å². The lowest BCUT2D eigenvalue weighted by Gasteiger charge is -1.98. The standard InChI is InChI=1S/C9H9NO3/c1-2-12-9(11)7-5-6-3-4-13-8(6)10-7/h3-4H,2,5H2,1H3. The SMILES string of the molecule is CCOC(=O)C1=Nc2occc2C1. The predicted molar refractivity (Wildman–Crippen MR) is 46.1 cm³/mol. The number of carbonyl (C=O) groups is 1. The Bertz CT molecular complexity index is 365. The van der Waals surface area contributed by atoms with Crippen molar-refractivity contribution in [2.75, 3.05) is 6.61 Å². The second kappa shape index (κ2) is 3.05. The number of fused-ring (bicyclic) bond motifs is 1. The molecule has 13 heavy (non-hydrogen) atoms. The van der Waals surface area contributed by atoms with Crippen LogP contribution < -0.4 is 0 Å². The highest BCUT2D eigenvalue weighted by molar-refractivity contribution is 6.38. The Morgan fingerprint density at radius 2 is 2.62 bits per heavy atom. The van der Waals surface area contributed by atoms with Crippen molar-refractivity contribution in [3.05, 3.63) is 17.9 Å². The smallest absolute Gasteiger partial charge is 0.353 e. The number of esters is 1. The highest BCUT2D eigenvalue weighted by Crippen LogP contribution is 2.27. The maximum Gasteiger partial charge on any atom is 0.353 e. The fraction of sp³-hybridized carbons (Fsp3) is 0.333. The highest BCUT2D eigenvalue weighted by atomic mass is 16.5. The van der Waals surface area contributed by atoms with Gasteiger partial charge in [0.2, 0.25) is 5.88 Å². The molecule has 2 heterocycles. The average molecular weight is 179 g/mol. The number of nitrogens with zero attached hydrogens (tertiary/aromatic N) is 1. The largest absolute Gasteiger partial charge is 0.461 e. The van der Waals surface area contributed by atoms with E-state index < -0.39 is 0 Å². The van der Waals surface area contributed by atoms with E-state index in [2.05, 4.69) is 4.99 Å². The predicted octanol–water partition coefficient (Wildman–Crippen LogP) is 1.47. The summed E-state index contributed by atoms with van der Waals surface area (Å²) in [6.07, 6.45) is 2.08. The topological polar surface area (TPSA) is 51.8 Å². The summed E-state index contributed by atoms with van der Waals surface area (Å²) in [6.45, 7) is 2.14. The van der Waals surface area contributed by atoms with Gasteiger partial charge < -0.3 is 9.15 Å². The third-order valence-electron chi connectivity index (χ3n) is 1.83. The summed E-state index contributed by atoms with van der Waals surface area (Å²) in [5.41, 5.74) is 1.37. The molecule has 0 amide bonds. The molecule has 0 aromatic carbocycles. The summed E-state index contributed by atoms with van der Waals surface area (Å²) in [6, 6.07) is 1.81. The van der Waals surface area contributed by atoms with E-state index >= 15 is 0 Å². The lowest BCUT2D eigenvalue weighted by molar-refractivity contribution is -0.135. The van der Waals surface area contributed by atoms with Gasteiger partial charge in [-0.05, 0) is 13.0 Å². The van der Waals surface area contributed by atoms with Crippen molar-refractivity contribution in [1.29, 1.82) is 0 Å². The first kappa shape index (κ1) is 8.04. The van der Waals surface area contributed by atoms with Crippen LogP contribution in [0, 0.1) is 0 Å². The van der Waals surface area contributed by atoms with Gasteiger partial charge in [0.05, 0.1) is 12.9 Å². The summed E-state index contributed by atoms with van der Waals surface area (Å²) < 4.78 is 9.85. The molecule has 0 spiro atoms. The molecular weight excluding hydrogens is 170 g/mol. The van der Waals surface area contributed by atoms with Crippen LogP contribution in [0.5, 0.6) is 0 Å². The maximum atomic E-state index is 11.2. The van der Waals surface area contributed by atoms with Gasteiger partial charge in [-0.25, -0.2) is 9.79 Å². The van der Waals surface area contributed by atoms with E-state index in [-0.39, 0.29) is 5.97 Å². The molecule has 0 saturated heterocycles. The van der Waals surface area contributed by atoms with Gasteiger partial charge in [0.15, 0.2) is 0 Å². The van der Waals surface area contributed by atoms with E-state index in [0.717, 1.165) is 5.56 Å². The van der Waals surface area contributed by atoms with Crippen molar-refractivity contribution >= 4 is 17.6 Å². The lowest BCUT2D eigenvalue weighted by atomic mass is 10.2. The maximum absolute atomic E-state index is 11.2.